The van der Waals surface area contributed by atoms with Crippen LogP contribution in [0.15, 0.2) is 23.0 Å². The molecule has 0 aliphatic rings. The normalized spacial score (nSPS) is 10.3. The summed E-state index contributed by atoms with van der Waals surface area (Å²) in [6.45, 7) is 0. The Morgan fingerprint density at radius 1 is 1.56 bits per heavy atom. The summed E-state index contributed by atoms with van der Waals surface area (Å²) in [6.07, 6.45) is 0. The Balaban J connectivity index is 2.52. The molecule has 1 aromatic heterocycles. The lowest BCUT2D eigenvalue weighted by Gasteiger charge is -2.04. The van der Waals surface area contributed by atoms with Crippen molar-refractivity contribution in [1.82, 2.24) is 14.8 Å². The van der Waals surface area contributed by atoms with Crippen molar-refractivity contribution < 1.29 is 14.6 Å². The van der Waals surface area contributed by atoms with Gasteiger partial charge in [-0.15, -0.1) is 5.10 Å². The highest BCUT2D eigenvalue weighted by Gasteiger charge is 2.13. The summed E-state index contributed by atoms with van der Waals surface area (Å²) in [5, 5.41) is 12.6. The van der Waals surface area contributed by atoms with Crippen LogP contribution in [0.1, 0.15) is 10.6 Å². The molecular weight excluding hydrogens is 262 g/mol. The van der Waals surface area contributed by atoms with Crippen molar-refractivity contribution in [2.75, 3.05) is 7.11 Å². The number of H-pyrrole nitrogens is 1. The first-order chi connectivity index (χ1) is 8.52. The molecule has 0 spiro atoms. The molecule has 18 heavy (non-hydrogen) atoms. The molecule has 0 atom stereocenters. The highest BCUT2D eigenvalue weighted by molar-refractivity contribution is 6.32. The molecule has 0 saturated heterocycles. The van der Waals surface area contributed by atoms with Gasteiger partial charge < -0.3 is 9.84 Å². The van der Waals surface area contributed by atoms with Gasteiger partial charge in [0.05, 0.1) is 17.8 Å². The van der Waals surface area contributed by atoms with Gasteiger partial charge in [-0.3, -0.25) is 4.98 Å². The third-order valence-electron chi connectivity index (χ3n) is 2.20. The number of aromatic amines is 1. The predicted octanol–water partition coefficient (Wildman–Crippen LogP) is 0.921. The summed E-state index contributed by atoms with van der Waals surface area (Å²) in [7, 11) is 1.46. The van der Waals surface area contributed by atoms with Crippen LogP contribution in [0.4, 0.5) is 0 Å². The third kappa shape index (κ3) is 2.07. The second kappa shape index (κ2) is 4.53. The van der Waals surface area contributed by atoms with Gasteiger partial charge in [-0.25, -0.2) is 9.59 Å². The molecule has 2 rings (SSSR count). The Hall–Kier alpha value is -2.28. The number of carboxylic acid groups (broad SMARTS) is 1. The van der Waals surface area contributed by atoms with Crippen LogP contribution in [0, 0.1) is 0 Å². The van der Waals surface area contributed by atoms with Crippen LogP contribution in [0.2, 0.25) is 5.02 Å². The number of carbonyl (C=O) groups is 1. The van der Waals surface area contributed by atoms with Gasteiger partial charge in [0.25, 0.3) is 0 Å². The molecule has 8 heteroatoms. The van der Waals surface area contributed by atoms with E-state index in [1.807, 2.05) is 0 Å². The maximum Gasteiger partial charge on any atom is 0.373 e. The fraction of sp³-hybridized carbons (Fsp3) is 0.100. The van der Waals surface area contributed by atoms with Crippen LogP contribution >= 0.6 is 11.6 Å². The number of benzene rings is 1. The fourth-order valence-corrected chi connectivity index (χ4v) is 1.63. The monoisotopic (exact) mass is 269 g/mol. The molecule has 0 fully saturated rings. The van der Waals surface area contributed by atoms with Crippen LogP contribution in [0.5, 0.6) is 5.75 Å². The van der Waals surface area contributed by atoms with E-state index >= 15 is 0 Å². The van der Waals surface area contributed by atoms with Gasteiger partial charge in [-0.2, -0.15) is 4.68 Å². The molecule has 7 nitrogen and oxygen atoms in total. The number of nitrogens with one attached hydrogen (secondary N) is 1. The lowest BCUT2D eigenvalue weighted by Crippen LogP contribution is -2.15. The third-order valence-corrected chi connectivity index (χ3v) is 2.50. The first-order valence-corrected chi connectivity index (χ1v) is 5.17. The second-order valence-corrected chi connectivity index (χ2v) is 3.72. The number of aromatic carboxylic acids is 1. The van der Waals surface area contributed by atoms with Gasteiger partial charge in [-0.1, -0.05) is 11.6 Å². The first-order valence-electron chi connectivity index (χ1n) is 4.79. The number of ether oxygens (including phenoxy) is 1. The van der Waals surface area contributed by atoms with E-state index in [2.05, 4.69) is 10.1 Å². The van der Waals surface area contributed by atoms with Crippen molar-refractivity contribution in [3.8, 4) is 11.4 Å². The molecule has 0 saturated carbocycles. The first kappa shape index (κ1) is 12.2. The number of nitrogens with zero attached hydrogens (tertiary/aromatic N) is 2. The number of halogens is 1. The zero-order valence-electron chi connectivity index (χ0n) is 9.18. The topological polar surface area (TPSA) is 97.2 Å². The van der Waals surface area contributed by atoms with E-state index in [1.165, 1.54) is 13.2 Å². The molecule has 0 unspecified atom stereocenters. The summed E-state index contributed by atoms with van der Waals surface area (Å²) in [6, 6.07) is 4.55. The maximum atomic E-state index is 11.5. The van der Waals surface area contributed by atoms with E-state index in [4.69, 9.17) is 21.4 Å². The molecule has 1 aromatic carbocycles. The number of hydrogen-bond donors (Lipinski definition) is 2. The number of carboxylic acids is 1. The van der Waals surface area contributed by atoms with Gasteiger partial charge in [0.15, 0.2) is 0 Å². The van der Waals surface area contributed by atoms with Crippen molar-refractivity contribution >= 4 is 17.6 Å². The number of hydrogen-bond acceptors (Lipinski definition) is 4. The van der Waals surface area contributed by atoms with Crippen LogP contribution in [0.25, 0.3) is 5.69 Å². The van der Waals surface area contributed by atoms with Crippen LogP contribution in [-0.4, -0.2) is 33.0 Å². The van der Waals surface area contributed by atoms with E-state index in [0.29, 0.717) is 16.5 Å². The highest BCUT2D eigenvalue weighted by Crippen LogP contribution is 2.25. The van der Waals surface area contributed by atoms with E-state index in [0.717, 1.165) is 4.68 Å². The molecule has 2 N–H and O–H groups in total. The van der Waals surface area contributed by atoms with Gasteiger partial charge >= 0.3 is 11.7 Å². The quantitative estimate of drug-likeness (QED) is 0.863. The largest absolute Gasteiger partial charge is 0.495 e. The standard InChI is InChI=1S/C10H8ClN3O4/c1-18-7-3-2-5(4-6(7)11)14-10(17)12-8(13-14)9(15)16/h2-4H,1H3,(H,15,16)(H,12,13,17). The summed E-state index contributed by atoms with van der Waals surface area (Å²) < 4.78 is 5.88. The lowest BCUT2D eigenvalue weighted by molar-refractivity contribution is 0.0683. The van der Waals surface area contributed by atoms with Crippen molar-refractivity contribution in [2.45, 2.75) is 0 Å². The molecule has 2 aromatic rings. The second-order valence-electron chi connectivity index (χ2n) is 3.31. The van der Waals surface area contributed by atoms with E-state index in [-0.39, 0.29) is 0 Å². The Morgan fingerprint density at radius 2 is 2.28 bits per heavy atom. The van der Waals surface area contributed by atoms with Gasteiger partial charge in [0.1, 0.15) is 5.75 Å². The van der Waals surface area contributed by atoms with Crippen molar-refractivity contribution in [3.05, 3.63) is 39.5 Å². The Labute approximate surface area is 106 Å². The minimum atomic E-state index is -1.31. The molecule has 0 aliphatic carbocycles. The minimum absolute atomic E-state index is 0.293. The molecule has 0 amide bonds. The SMILES string of the molecule is COc1ccc(-n2nc(C(=O)O)[nH]c2=O)cc1Cl. The zero-order valence-corrected chi connectivity index (χ0v) is 9.93. The van der Waals surface area contributed by atoms with Crippen molar-refractivity contribution in [3.63, 3.8) is 0 Å². The fourth-order valence-electron chi connectivity index (χ4n) is 1.38. The Morgan fingerprint density at radius 3 is 2.78 bits per heavy atom. The molecule has 1 heterocycles. The Kier molecular flexibility index (Phi) is 3.07. The molecule has 94 valence electrons. The van der Waals surface area contributed by atoms with Crippen molar-refractivity contribution in [1.29, 1.82) is 0 Å². The van der Waals surface area contributed by atoms with E-state index in [9.17, 15) is 9.59 Å². The highest BCUT2D eigenvalue weighted by atomic mass is 35.5. The average Bonchev–Trinajstić information content (AvgIpc) is 2.71. The molecule has 0 radical (unpaired) electrons. The minimum Gasteiger partial charge on any atom is -0.495 e. The Bertz CT molecular complexity index is 661. The van der Waals surface area contributed by atoms with Crippen molar-refractivity contribution in [2.24, 2.45) is 0 Å². The number of aromatic nitrogens is 3. The number of rotatable bonds is 3. The summed E-state index contributed by atoms with van der Waals surface area (Å²) >= 11 is 5.91. The van der Waals surface area contributed by atoms with Gasteiger partial charge in [0.2, 0.25) is 5.82 Å². The smallest absolute Gasteiger partial charge is 0.373 e. The van der Waals surface area contributed by atoms with Crippen LogP contribution in [0.3, 0.4) is 0 Å². The van der Waals surface area contributed by atoms with Crippen LogP contribution < -0.4 is 10.4 Å². The molecule has 0 bridgehead atoms. The van der Waals surface area contributed by atoms with E-state index < -0.39 is 17.5 Å². The summed E-state index contributed by atoms with van der Waals surface area (Å²) in [5.74, 6) is -1.31. The lowest BCUT2D eigenvalue weighted by atomic mass is 10.3. The average molecular weight is 270 g/mol. The molecular formula is C10H8ClN3O4. The molecule has 0 aliphatic heterocycles. The summed E-state index contributed by atoms with van der Waals surface area (Å²) in [4.78, 5) is 24.3. The van der Waals surface area contributed by atoms with Gasteiger partial charge in [0, 0.05) is 0 Å². The number of methoxy groups -OCH3 is 1. The zero-order chi connectivity index (χ0) is 13.3. The van der Waals surface area contributed by atoms with Gasteiger partial charge in [-0.05, 0) is 18.2 Å². The predicted molar refractivity (Wildman–Crippen MR) is 62.7 cm³/mol. The van der Waals surface area contributed by atoms with Crippen LogP contribution in [-0.2, 0) is 0 Å². The maximum absolute atomic E-state index is 11.5. The van der Waals surface area contributed by atoms with E-state index in [1.54, 1.807) is 12.1 Å². The summed E-state index contributed by atoms with van der Waals surface area (Å²) in [5.41, 5.74) is -0.316.